The topological polar surface area (TPSA) is 69.6 Å². The van der Waals surface area contributed by atoms with Gasteiger partial charge >= 0.3 is 12.0 Å². The molecule has 0 aromatic carbocycles. The van der Waals surface area contributed by atoms with Gasteiger partial charge in [-0.05, 0) is 58.8 Å². The van der Waals surface area contributed by atoms with Crippen LogP contribution >= 0.6 is 0 Å². The van der Waals surface area contributed by atoms with Gasteiger partial charge in [-0.25, -0.2) is 4.79 Å². The molecule has 1 aliphatic heterocycles. The molecule has 1 saturated carbocycles. The van der Waals surface area contributed by atoms with Crippen LogP contribution in [0.5, 0.6) is 0 Å². The fourth-order valence-corrected chi connectivity index (χ4v) is 3.56. The molecule has 0 aromatic rings. The lowest BCUT2D eigenvalue weighted by molar-refractivity contribution is -0.142. The summed E-state index contributed by atoms with van der Waals surface area (Å²) in [5.41, 5.74) is 0. The highest BCUT2D eigenvalue weighted by molar-refractivity contribution is 5.75. The number of hydrogen-bond donors (Lipinski definition) is 2. The highest BCUT2D eigenvalue weighted by atomic mass is 16.4. The molecule has 0 radical (unpaired) electrons. The number of aliphatic carboxylic acids is 1. The van der Waals surface area contributed by atoms with Gasteiger partial charge in [-0.2, -0.15) is 0 Å². The van der Waals surface area contributed by atoms with Crippen molar-refractivity contribution in [3.8, 4) is 0 Å². The van der Waals surface area contributed by atoms with Crippen molar-refractivity contribution < 1.29 is 14.7 Å². The van der Waals surface area contributed by atoms with E-state index in [9.17, 15) is 9.59 Å². The van der Waals surface area contributed by atoms with Gasteiger partial charge in [0.25, 0.3) is 0 Å². The van der Waals surface area contributed by atoms with E-state index in [1.54, 1.807) is 0 Å². The molecule has 1 heterocycles. The van der Waals surface area contributed by atoms with Gasteiger partial charge in [-0.1, -0.05) is 0 Å². The first-order chi connectivity index (χ1) is 9.49. The second-order valence-corrected chi connectivity index (χ2v) is 6.37. The number of nitrogens with one attached hydrogen (secondary N) is 1. The van der Waals surface area contributed by atoms with E-state index in [4.69, 9.17) is 5.11 Å². The predicted octanol–water partition coefficient (Wildman–Crippen LogP) is 2.60. The van der Waals surface area contributed by atoms with E-state index < -0.39 is 5.97 Å². The molecule has 1 saturated heterocycles. The summed E-state index contributed by atoms with van der Waals surface area (Å²) in [5, 5.41) is 12.1. The Morgan fingerprint density at radius 1 is 1.00 bits per heavy atom. The molecule has 0 bridgehead atoms. The van der Waals surface area contributed by atoms with Crippen molar-refractivity contribution in [1.29, 1.82) is 0 Å². The third-order valence-electron chi connectivity index (χ3n) is 4.83. The number of carbonyl (C=O) groups is 2. The lowest BCUT2D eigenvalue weighted by Crippen LogP contribution is -2.54. The number of piperidine rings is 1. The van der Waals surface area contributed by atoms with Crippen molar-refractivity contribution in [2.45, 2.75) is 76.9 Å². The van der Waals surface area contributed by atoms with Gasteiger partial charge in [0.15, 0.2) is 0 Å². The van der Waals surface area contributed by atoms with E-state index in [1.807, 2.05) is 4.90 Å². The fourth-order valence-electron chi connectivity index (χ4n) is 3.56. The summed E-state index contributed by atoms with van der Waals surface area (Å²) in [5.74, 6) is -0.927. The molecule has 5 heteroatoms. The van der Waals surface area contributed by atoms with Crippen molar-refractivity contribution in [3.05, 3.63) is 0 Å². The summed E-state index contributed by atoms with van der Waals surface area (Å²) in [7, 11) is 0. The summed E-state index contributed by atoms with van der Waals surface area (Å²) in [4.78, 5) is 25.3. The Labute approximate surface area is 120 Å². The van der Waals surface area contributed by atoms with Gasteiger partial charge in [-0.15, -0.1) is 0 Å². The van der Waals surface area contributed by atoms with E-state index in [1.165, 1.54) is 6.42 Å². The number of nitrogens with zero attached hydrogens (tertiary/aromatic N) is 1. The molecule has 0 unspecified atom stereocenters. The number of hydrogen-bond acceptors (Lipinski definition) is 2. The Kier molecular flexibility index (Phi) is 4.89. The van der Waals surface area contributed by atoms with Crippen LogP contribution in [0.1, 0.15) is 58.8 Å². The van der Waals surface area contributed by atoms with Crippen molar-refractivity contribution >= 4 is 12.0 Å². The molecule has 5 nitrogen and oxygen atoms in total. The first kappa shape index (κ1) is 15.1. The number of carboxylic acids is 1. The lowest BCUT2D eigenvalue weighted by atomic mass is 9.86. The third kappa shape index (κ3) is 3.44. The first-order valence-electron chi connectivity index (χ1n) is 7.80. The molecule has 2 atom stereocenters. The van der Waals surface area contributed by atoms with Crippen LogP contribution in [0.2, 0.25) is 0 Å². The molecular formula is C15H26N2O3. The molecule has 2 aliphatic rings. The number of carbonyl (C=O) groups excluding carboxylic acids is 1. The zero-order valence-electron chi connectivity index (χ0n) is 12.5. The van der Waals surface area contributed by atoms with Crippen LogP contribution in [0.25, 0.3) is 0 Å². The minimum absolute atomic E-state index is 0.0310. The minimum Gasteiger partial charge on any atom is -0.481 e. The predicted molar refractivity (Wildman–Crippen MR) is 76.5 cm³/mol. The van der Waals surface area contributed by atoms with Gasteiger partial charge in [0, 0.05) is 18.1 Å². The number of carboxylic acid groups (broad SMARTS) is 1. The van der Waals surface area contributed by atoms with Crippen LogP contribution < -0.4 is 5.32 Å². The van der Waals surface area contributed by atoms with E-state index in [-0.39, 0.29) is 18.0 Å². The van der Waals surface area contributed by atoms with E-state index in [2.05, 4.69) is 19.2 Å². The monoisotopic (exact) mass is 282 g/mol. The zero-order valence-corrected chi connectivity index (χ0v) is 12.5. The zero-order chi connectivity index (χ0) is 14.7. The summed E-state index contributed by atoms with van der Waals surface area (Å²) >= 11 is 0. The Morgan fingerprint density at radius 3 is 2.05 bits per heavy atom. The number of likely N-dealkylation sites (tertiary alicyclic amines) is 1. The maximum atomic E-state index is 12.4. The second kappa shape index (κ2) is 6.46. The SMILES string of the molecule is C[C@@H]1CCC[C@H](C)N1C(=O)NC1CCC(C(=O)O)CC1. The smallest absolute Gasteiger partial charge is 0.318 e. The Hall–Kier alpha value is -1.26. The number of amides is 2. The molecule has 114 valence electrons. The Morgan fingerprint density at radius 2 is 1.55 bits per heavy atom. The van der Waals surface area contributed by atoms with Crippen molar-refractivity contribution in [2.24, 2.45) is 5.92 Å². The van der Waals surface area contributed by atoms with Crippen molar-refractivity contribution in [2.75, 3.05) is 0 Å². The minimum atomic E-state index is -0.701. The molecule has 0 aromatic heterocycles. The van der Waals surface area contributed by atoms with E-state index in [0.717, 1.165) is 25.7 Å². The molecule has 2 rings (SSSR count). The van der Waals surface area contributed by atoms with Gasteiger partial charge in [0.1, 0.15) is 0 Å². The highest BCUT2D eigenvalue weighted by Crippen LogP contribution is 2.26. The molecular weight excluding hydrogens is 256 g/mol. The van der Waals surface area contributed by atoms with Crippen LogP contribution in [-0.2, 0) is 4.79 Å². The summed E-state index contributed by atoms with van der Waals surface area (Å²) < 4.78 is 0. The largest absolute Gasteiger partial charge is 0.481 e. The lowest BCUT2D eigenvalue weighted by Gasteiger charge is -2.40. The van der Waals surface area contributed by atoms with Crippen LogP contribution in [0, 0.1) is 5.92 Å². The average Bonchev–Trinajstić information content (AvgIpc) is 2.39. The average molecular weight is 282 g/mol. The second-order valence-electron chi connectivity index (χ2n) is 6.37. The number of rotatable bonds is 2. The standard InChI is InChI=1S/C15H26N2O3/c1-10-4-3-5-11(2)17(10)15(20)16-13-8-6-12(7-9-13)14(18)19/h10-13H,3-9H2,1-2H3,(H,16,20)(H,18,19)/t10-,11+,12?,13?. The van der Waals surface area contributed by atoms with Crippen LogP contribution in [0.15, 0.2) is 0 Å². The van der Waals surface area contributed by atoms with Gasteiger partial charge in [0.05, 0.1) is 5.92 Å². The van der Waals surface area contributed by atoms with Crippen molar-refractivity contribution in [1.82, 2.24) is 10.2 Å². The Bertz CT molecular complexity index is 354. The summed E-state index contributed by atoms with van der Waals surface area (Å²) in [6.07, 6.45) is 6.23. The molecule has 20 heavy (non-hydrogen) atoms. The summed E-state index contributed by atoms with van der Waals surface area (Å²) in [6.45, 7) is 4.22. The molecule has 1 aliphatic carbocycles. The number of urea groups is 1. The quantitative estimate of drug-likeness (QED) is 0.818. The van der Waals surface area contributed by atoms with E-state index >= 15 is 0 Å². The maximum Gasteiger partial charge on any atom is 0.318 e. The molecule has 2 N–H and O–H groups in total. The first-order valence-corrected chi connectivity index (χ1v) is 7.80. The van der Waals surface area contributed by atoms with Gasteiger partial charge in [-0.3, -0.25) is 4.79 Å². The molecule has 2 amide bonds. The fraction of sp³-hybridized carbons (Fsp3) is 0.867. The normalized spacial score (nSPS) is 34.6. The van der Waals surface area contributed by atoms with Gasteiger partial charge < -0.3 is 15.3 Å². The summed E-state index contributed by atoms with van der Waals surface area (Å²) in [6, 6.07) is 0.770. The van der Waals surface area contributed by atoms with Crippen LogP contribution in [-0.4, -0.2) is 40.1 Å². The van der Waals surface area contributed by atoms with Crippen molar-refractivity contribution in [3.63, 3.8) is 0 Å². The third-order valence-corrected chi connectivity index (χ3v) is 4.83. The Balaban J connectivity index is 1.84. The van der Waals surface area contributed by atoms with Crippen LogP contribution in [0.3, 0.4) is 0 Å². The van der Waals surface area contributed by atoms with Crippen LogP contribution in [0.4, 0.5) is 4.79 Å². The highest BCUT2D eigenvalue weighted by Gasteiger charge is 2.32. The van der Waals surface area contributed by atoms with E-state index in [0.29, 0.717) is 24.9 Å². The van der Waals surface area contributed by atoms with Gasteiger partial charge in [0.2, 0.25) is 0 Å². The maximum absolute atomic E-state index is 12.4. The molecule has 0 spiro atoms. The molecule has 2 fully saturated rings.